The molecule has 0 aliphatic heterocycles. The molecule has 0 aliphatic carbocycles. The molecule has 0 bridgehead atoms. The summed E-state index contributed by atoms with van der Waals surface area (Å²) in [5, 5.41) is 9.26. The molecular weight excluding hydrogens is 124 g/mol. The molecule has 0 radical (unpaired) electrons. The minimum absolute atomic E-state index is 0.574. The van der Waals surface area contributed by atoms with E-state index in [1.165, 1.54) is 0 Å². The first-order chi connectivity index (χ1) is 4.59. The molecule has 1 N–H and O–H groups in total. The first kappa shape index (κ1) is 9.26. The molecule has 0 rings (SSSR count). The van der Waals surface area contributed by atoms with E-state index in [1.807, 2.05) is 20.8 Å². The largest absolute Gasteiger partial charge is 0.376 e. The Balaban J connectivity index is 4.31. The fraction of sp³-hybridized carbons (Fsp3) is 0.556. The lowest BCUT2D eigenvalue weighted by atomic mass is 10.1. The summed E-state index contributed by atoms with van der Waals surface area (Å²) >= 11 is 0. The highest BCUT2D eigenvalue weighted by atomic mass is 16.3. The maximum absolute atomic E-state index is 9.26. The SMILES string of the molecule is CC#CC(O)C(C)=C(C)C. The van der Waals surface area contributed by atoms with Crippen LogP contribution in [0.25, 0.3) is 0 Å². The molecule has 1 unspecified atom stereocenters. The van der Waals surface area contributed by atoms with Gasteiger partial charge < -0.3 is 5.11 Å². The molecule has 10 heavy (non-hydrogen) atoms. The quantitative estimate of drug-likeness (QED) is 0.432. The van der Waals surface area contributed by atoms with Crippen LogP contribution in [0, 0.1) is 11.8 Å². The molecule has 0 saturated carbocycles. The van der Waals surface area contributed by atoms with E-state index in [2.05, 4.69) is 11.8 Å². The second kappa shape index (κ2) is 4.14. The average Bonchev–Trinajstić information content (AvgIpc) is 1.87. The Morgan fingerprint density at radius 3 is 2.10 bits per heavy atom. The predicted octanol–water partition coefficient (Wildman–Crippen LogP) is 1.73. The highest BCUT2D eigenvalue weighted by Gasteiger charge is 2.01. The zero-order valence-corrected chi connectivity index (χ0v) is 7.02. The van der Waals surface area contributed by atoms with Gasteiger partial charge in [-0.1, -0.05) is 11.5 Å². The van der Waals surface area contributed by atoms with Crippen LogP contribution >= 0.6 is 0 Å². The Morgan fingerprint density at radius 1 is 1.30 bits per heavy atom. The van der Waals surface area contributed by atoms with Crippen molar-refractivity contribution in [3.63, 3.8) is 0 Å². The van der Waals surface area contributed by atoms with Crippen molar-refractivity contribution in [1.82, 2.24) is 0 Å². The van der Waals surface area contributed by atoms with Crippen LogP contribution in [0.4, 0.5) is 0 Å². The highest BCUT2D eigenvalue weighted by molar-refractivity contribution is 5.22. The van der Waals surface area contributed by atoms with Crippen molar-refractivity contribution in [1.29, 1.82) is 0 Å². The lowest BCUT2D eigenvalue weighted by molar-refractivity contribution is 0.267. The van der Waals surface area contributed by atoms with Gasteiger partial charge in [-0.2, -0.15) is 0 Å². The van der Waals surface area contributed by atoms with Crippen LogP contribution < -0.4 is 0 Å². The van der Waals surface area contributed by atoms with Crippen LogP contribution in [0.5, 0.6) is 0 Å². The zero-order valence-electron chi connectivity index (χ0n) is 7.02. The summed E-state index contributed by atoms with van der Waals surface area (Å²) in [5.41, 5.74) is 2.09. The van der Waals surface area contributed by atoms with Crippen molar-refractivity contribution < 1.29 is 5.11 Å². The molecule has 0 aromatic carbocycles. The van der Waals surface area contributed by atoms with Crippen LogP contribution in [-0.2, 0) is 0 Å². The van der Waals surface area contributed by atoms with E-state index in [4.69, 9.17) is 0 Å². The molecule has 1 heteroatoms. The zero-order chi connectivity index (χ0) is 8.15. The minimum atomic E-state index is -0.574. The van der Waals surface area contributed by atoms with Crippen LogP contribution in [0.1, 0.15) is 27.7 Å². The summed E-state index contributed by atoms with van der Waals surface area (Å²) in [7, 11) is 0. The summed E-state index contributed by atoms with van der Waals surface area (Å²) in [5.74, 6) is 5.34. The van der Waals surface area contributed by atoms with Gasteiger partial charge in [0.2, 0.25) is 0 Å². The van der Waals surface area contributed by atoms with E-state index in [1.54, 1.807) is 6.92 Å². The van der Waals surface area contributed by atoms with Crippen molar-refractivity contribution in [2.75, 3.05) is 0 Å². The average molecular weight is 138 g/mol. The van der Waals surface area contributed by atoms with E-state index >= 15 is 0 Å². The van der Waals surface area contributed by atoms with Gasteiger partial charge in [0, 0.05) is 0 Å². The number of hydrogen-bond donors (Lipinski definition) is 1. The molecule has 0 fully saturated rings. The van der Waals surface area contributed by atoms with Gasteiger partial charge in [-0.3, -0.25) is 0 Å². The fourth-order valence-electron chi connectivity index (χ4n) is 0.518. The topological polar surface area (TPSA) is 20.2 Å². The molecule has 1 nitrogen and oxygen atoms in total. The van der Waals surface area contributed by atoms with Crippen molar-refractivity contribution in [2.45, 2.75) is 33.8 Å². The lowest BCUT2D eigenvalue weighted by Gasteiger charge is -2.04. The molecule has 56 valence electrons. The molecule has 0 heterocycles. The Hall–Kier alpha value is -0.740. The molecular formula is C9H14O. The number of aliphatic hydroxyl groups excluding tert-OH is 1. The molecule has 0 amide bonds. The smallest absolute Gasteiger partial charge is 0.136 e. The molecule has 0 aromatic rings. The van der Waals surface area contributed by atoms with Crippen molar-refractivity contribution in [2.24, 2.45) is 0 Å². The standard InChI is InChI=1S/C9H14O/c1-5-6-9(10)8(4)7(2)3/h9-10H,1-4H3. The van der Waals surface area contributed by atoms with Gasteiger partial charge in [-0.05, 0) is 33.3 Å². The minimum Gasteiger partial charge on any atom is -0.376 e. The first-order valence-electron chi connectivity index (χ1n) is 3.34. The molecule has 0 aromatic heterocycles. The van der Waals surface area contributed by atoms with Gasteiger partial charge in [-0.15, -0.1) is 5.92 Å². The van der Waals surface area contributed by atoms with Gasteiger partial charge in [0.15, 0.2) is 0 Å². The Labute approximate surface area is 62.8 Å². The van der Waals surface area contributed by atoms with Gasteiger partial charge in [0.05, 0.1) is 0 Å². The third-order valence-electron chi connectivity index (χ3n) is 1.48. The van der Waals surface area contributed by atoms with Gasteiger partial charge in [0.25, 0.3) is 0 Å². The van der Waals surface area contributed by atoms with Crippen LogP contribution in [0.15, 0.2) is 11.1 Å². The summed E-state index contributed by atoms with van der Waals surface area (Å²) < 4.78 is 0. The van der Waals surface area contributed by atoms with E-state index in [0.717, 1.165) is 11.1 Å². The van der Waals surface area contributed by atoms with E-state index < -0.39 is 6.10 Å². The van der Waals surface area contributed by atoms with Crippen molar-refractivity contribution in [3.8, 4) is 11.8 Å². The summed E-state index contributed by atoms with van der Waals surface area (Å²) in [6, 6.07) is 0. The summed E-state index contributed by atoms with van der Waals surface area (Å²) in [4.78, 5) is 0. The molecule has 0 spiro atoms. The third-order valence-corrected chi connectivity index (χ3v) is 1.48. The van der Waals surface area contributed by atoms with Crippen LogP contribution in [0.2, 0.25) is 0 Å². The number of hydrogen-bond acceptors (Lipinski definition) is 1. The second-order valence-corrected chi connectivity index (χ2v) is 2.48. The summed E-state index contributed by atoms with van der Waals surface area (Å²) in [6.07, 6.45) is -0.574. The van der Waals surface area contributed by atoms with Crippen LogP contribution in [-0.4, -0.2) is 11.2 Å². The number of aliphatic hydroxyl groups is 1. The Kier molecular flexibility index (Phi) is 3.83. The van der Waals surface area contributed by atoms with Gasteiger partial charge >= 0.3 is 0 Å². The van der Waals surface area contributed by atoms with Crippen LogP contribution in [0.3, 0.4) is 0 Å². The van der Waals surface area contributed by atoms with E-state index in [-0.39, 0.29) is 0 Å². The Morgan fingerprint density at radius 2 is 1.80 bits per heavy atom. The predicted molar refractivity (Wildman–Crippen MR) is 43.5 cm³/mol. The van der Waals surface area contributed by atoms with Crippen molar-refractivity contribution in [3.05, 3.63) is 11.1 Å². The monoisotopic (exact) mass is 138 g/mol. The Bertz CT molecular complexity index is 187. The highest BCUT2D eigenvalue weighted by Crippen LogP contribution is 2.06. The molecule has 1 atom stereocenters. The lowest BCUT2D eigenvalue weighted by Crippen LogP contribution is -2.05. The van der Waals surface area contributed by atoms with E-state index in [0.29, 0.717) is 0 Å². The molecule has 0 aliphatic rings. The van der Waals surface area contributed by atoms with Gasteiger partial charge in [-0.25, -0.2) is 0 Å². The van der Waals surface area contributed by atoms with Gasteiger partial charge in [0.1, 0.15) is 6.10 Å². The maximum atomic E-state index is 9.26. The number of rotatable bonds is 1. The second-order valence-electron chi connectivity index (χ2n) is 2.48. The third kappa shape index (κ3) is 2.70. The first-order valence-corrected chi connectivity index (χ1v) is 3.34. The normalized spacial score (nSPS) is 11.3. The maximum Gasteiger partial charge on any atom is 0.136 e. The fourth-order valence-corrected chi connectivity index (χ4v) is 0.518. The summed E-state index contributed by atoms with van der Waals surface area (Å²) in [6.45, 7) is 7.55. The van der Waals surface area contributed by atoms with Crippen molar-refractivity contribution >= 4 is 0 Å². The molecule has 0 saturated heterocycles. The number of allylic oxidation sites excluding steroid dienone is 1. The van der Waals surface area contributed by atoms with E-state index in [9.17, 15) is 5.11 Å².